The molecule has 0 spiro atoms. The minimum absolute atomic E-state index is 0.126. The number of halogens is 1. The Hall–Kier alpha value is -4.45. The standard InChI is InChI=1S/C31H26FN3O2/c1-20(36)35-19-31(2,3)29-26(35)18-25(28(37)23-14-16-24(32)17-15-23)30(34-29)33-27(21-10-6-4-7-11-21)22-12-8-5-9-13-22/h4-18H,19H2,1-3H3. The molecule has 1 aliphatic heterocycles. The molecule has 0 bridgehead atoms. The first kappa shape index (κ1) is 24.3. The first-order valence-corrected chi connectivity index (χ1v) is 12.1. The number of carbonyl (C=O) groups is 2. The molecule has 3 aromatic carbocycles. The predicted octanol–water partition coefficient (Wildman–Crippen LogP) is 6.26. The van der Waals surface area contributed by atoms with Crippen LogP contribution in [0.15, 0.2) is 96.0 Å². The molecule has 0 aliphatic carbocycles. The highest BCUT2D eigenvalue weighted by Crippen LogP contribution is 2.42. The van der Waals surface area contributed by atoms with Crippen LogP contribution in [0.4, 0.5) is 15.9 Å². The highest BCUT2D eigenvalue weighted by atomic mass is 19.1. The Bertz CT molecular complexity index is 1470. The molecule has 4 aromatic rings. The van der Waals surface area contributed by atoms with Crippen molar-refractivity contribution in [3.63, 3.8) is 0 Å². The summed E-state index contributed by atoms with van der Waals surface area (Å²) < 4.78 is 13.6. The predicted molar refractivity (Wildman–Crippen MR) is 143 cm³/mol. The van der Waals surface area contributed by atoms with Crippen molar-refractivity contribution in [2.45, 2.75) is 26.2 Å². The van der Waals surface area contributed by atoms with Gasteiger partial charge in [-0.25, -0.2) is 14.4 Å². The van der Waals surface area contributed by atoms with Gasteiger partial charge in [-0.2, -0.15) is 0 Å². The molecule has 1 aromatic heterocycles. The van der Waals surface area contributed by atoms with Crippen LogP contribution in [-0.2, 0) is 10.2 Å². The van der Waals surface area contributed by atoms with Gasteiger partial charge in [0.25, 0.3) is 0 Å². The molecule has 2 heterocycles. The van der Waals surface area contributed by atoms with E-state index in [1.54, 1.807) is 11.0 Å². The molecule has 0 radical (unpaired) electrons. The Labute approximate surface area is 215 Å². The number of carbonyl (C=O) groups excluding carboxylic acids is 2. The third-order valence-corrected chi connectivity index (χ3v) is 6.51. The van der Waals surface area contributed by atoms with E-state index in [4.69, 9.17) is 9.98 Å². The lowest BCUT2D eigenvalue weighted by molar-refractivity contribution is -0.116. The van der Waals surface area contributed by atoms with Crippen LogP contribution in [0, 0.1) is 5.82 Å². The van der Waals surface area contributed by atoms with Gasteiger partial charge in [0.1, 0.15) is 5.82 Å². The van der Waals surface area contributed by atoms with Crippen LogP contribution in [0.2, 0.25) is 0 Å². The summed E-state index contributed by atoms with van der Waals surface area (Å²) >= 11 is 0. The van der Waals surface area contributed by atoms with Crippen LogP contribution in [0.1, 0.15) is 53.5 Å². The Balaban J connectivity index is 1.78. The molecule has 5 nitrogen and oxygen atoms in total. The van der Waals surface area contributed by atoms with E-state index in [0.29, 0.717) is 29.2 Å². The van der Waals surface area contributed by atoms with Crippen molar-refractivity contribution in [3.8, 4) is 0 Å². The topological polar surface area (TPSA) is 62.6 Å². The molecule has 37 heavy (non-hydrogen) atoms. The van der Waals surface area contributed by atoms with Crippen LogP contribution in [0.5, 0.6) is 0 Å². The van der Waals surface area contributed by atoms with Crippen LogP contribution in [0.25, 0.3) is 0 Å². The molecule has 0 unspecified atom stereocenters. The number of anilines is 1. The first-order chi connectivity index (χ1) is 17.7. The molecule has 0 saturated heterocycles. The number of benzene rings is 3. The lowest BCUT2D eigenvalue weighted by Gasteiger charge is -2.18. The zero-order chi connectivity index (χ0) is 26.2. The number of hydrogen-bond donors (Lipinski definition) is 0. The summed E-state index contributed by atoms with van der Waals surface area (Å²) in [5.41, 5.74) is 3.86. The van der Waals surface area contributed by atoms with Gasteiger partial charge >= 0.3 is 0 Å². The summed E-state index contributed by atoms with van der Waals surface area (Å²) in [6.07, 6.45) is 0. The van der Waals surface area contributed by atoms with Crippen molar-refractivity contribution in [1.82, 2.24) is 4.98 Å². The molecule has 5 rings (SSSR count). The Morgan fingerprint density at radius 2 is 1.43 bits per heavy atom. The number of amides is 1. The number of ketones is 1. The number of pyridine rings is 1. The van der Waals surface area contributed by atoms with Gasteiger partial charge in [0.05, 0.1) is 22.7 Å². The zero-order valence-corrected chi connectivity index (χ0v) is 20.9. The molecule has 6 heteroatoms. The van der Waals surface area contributed by atoms with E-state index in [-0.39, 0.29) is 23.1 Å². The van der Waals surface area contributed by atoms with E-state index in [2.05, 4.69) is 0 Å². The second-order valence-electron chi connectivity index (χ2n) is 9.74. The van der Waals surface area contributed by atoms with E-state index in [1.807, 2.05) is 74.5 Å². The minimum Gasteiger partial charge on any atom is -0.310 e. The Kier molecular flexibility index (Phi) is 6.25. The summed E-state index contributed by atoms with van der Waals surface area (Å²) in [5.74, 6) is -0.641. The lowest BCUT2D eigenvalue weighted by Crippen LogP contribution is -2.32. The summed E-state index contributed by atoms with van der Waals surface area (Å²) in [6.45, 7) is 5.99. The highest BCUT2D eigenvalue weighted by Gasteiger charge is 2.40. The molecule has 184 valence electrons. The van der Waals surface area contributed by atoms with E-state index >= 15 is 0 Å². The minimum atomic E-state index is -0.429. The number of rotatable bonds is 5. The number of aliphatic imine (C=N–C) groups is 1. The maximum absolute atomic E-state index is 13.7. The second-order valence-corrected chi connectivity index (χ2v) is 9.74. The number of nitrogens with zero attached hydrogens (tertiary/aromatic N) is 3. The fourth-order valence-corrected chi connectivity index (χ4v) is 4.64. The molecular weight excluding hydrogens is 465 g/mol. The third kappa shape index (κ3) is 4.70. The van der Waals surface area contributed by atoms with Crippen LogP contribution in [-0.4, -0.2) is 28.9 Å². The van der Waals surface area contributed by atoms with Gasteiger partial charge in [-0.3, -0.25) is 9.59 Å². The van der Waals surface area contributed by atoms with E-state index < -0.39 is 11.2 Å². The van der Waals surface area contributed by atoms with E-state index in [9.17, 15) is 14.0 Å². The first-order valence-electron chi connectivity index (χ1n) is 12.1. The maximum Gasteiger partial charge on any atom is 0.223 e. The summed E-state index contributed by atoms with van der Waals surface area (Å²) in [6, 6.07) is 26.5. The van der Waals surface area contributed by atoms with Gasteiger partial charge in [-0.1, -0.05) is 74.5 Å². The van der Waals surface area contributed by atoms with Crippen molar-refractivity contribution in [3.05, 3.63) is 125 Å². The Morgan fingerprint density at radius 1 is 0.865 bits per heavy atom. The van der Waals surface area contributed by atoms with E-state index in [0.717, 1.165) is 11.1 Å². The van der Waals surface area contributed by atoms with Gasteiger partial charge in [0.15, 0.2) is 11.6 Å². The van der Waals surface area contributed by atoms with Gasteiger partial charge in [-0.05, 0) is 30.3 Å². The summed E-state index contributed by atoms with van der Waals surface area (Å²) in [4.78, 5) is 37.7. The van der Waals surface area contributed by atoms with Crippen molar-refractivity contribution in [2.75, 3.05) is 11.4 Å². The lowest BCUT2D eigenvalue weighted by atomic mass is 9.90. The molecular formula is C31H26FN3O2. The normalized spacial score (nSPS) is 13.7. The Morgan fingerprint density at radius 3 is 1.97 bits per heavy atom. The quantitative estimate of drug-likeness (QED) is 0.244. The van der Waals surface area contributed by atoms with Crippen LogP contribution < -0.4 is 4.90 Å². The molecule has 0 fully saturated rings. The highest BCUT2D eigenvalue weighted by molar-refractivity contribution is 6.16. The number of fused-ring (bicyclic) bond motifs is 1. The second kappa shape index (κ2) is 9.54. The van der Waals surface area contributed by atoms with Crippen LogP contribution in [0.3, 0.4) is 0 Å². The van der Waals surface area contributed by atoms with Gasteiger partial charge < -0.3 is 4.90 Å². The van der Waals surface area contributed by atoms with Crippen molar-refractivity contribution < 1.29 is 14.0 Å². The SMILES string of the molecule is CC(=O)N1CC(C)(C)c2nc(N=C(c3ccccc3)c3ccccc3)c(C(=O)c3ccc(F)cc3)cc21. The van der Waals surface area contributed by atoms with Crippen molar-refractivity contribution in [2.24, 2.45) is 4.99 Å². The van der Waals surface area contributed by atoms with Crippen LogP contribution >= 0.6 is 0 Å². The molecule has 1 amide bonds. The average Bonchev–Trinajstić information content (AvgIpc) is 3.18. The zero-order valence-electron chi connectivity index (χ0n) is 20.9. The largest absolute Gasteiger partial charge is 0.310 e. The van der Waals surface area contributed by atoms with Crippen molar-refractivity contribution >= 4 is 28.9 Å². The van der Waals surface area contributed by atoms with Gasteiger partial charge in [0.2, 0.25) is 5.91 Å². The van der Waals surface area contributed by atoms with Crippen molar-refractivity contribution in [1.29, 1.82) is 0 Å². The monoisotopic (exact) mass is 491 g/mol. The molecule has 0 saturated carbocycles. The van der Waals surface area contributed by atoms with Gasteiger partial charge in [-0.15, -0.1) is 0 Å². The molecule has 0 atom stereocenters. The number of hydrogen-bond acceptors (Lipinski definition) is 4. The fraction of sp³-hybridized carbons (Fsp3) is 0.161. The number of aromatic nitrogens is 1. The smallest absolute Gasteiger partial charge is 0.223 e. The average molecular weight is 492 g/mol. The van der Waals surface area contributed by atoms with Gasteiger partial charge in [0, 0.05) is 35.6 Å². The molecule has 0 N–H and O–H groups in total. The van der Waals surface area contributed by atoms with E-state index in [1.165, 1.54) is 31.2 Å². The fourth-order valence-electron chi connectivity index (χ4n) is 4.64. The molecule has 1 aliphatic rings. The third-order valence-electron chi connectivity index (χ3n) is 6.51. The summed E-state index contributed by atoms with van der Waals surface area (Å²) in [7, 11) is 0. The maximum atomic E-state index is 13.7. The summed E-state index contributed by atoms with van der Waals surface area (Å²) in [5, 5.41) is 0.